The van der Waals surface area contributed by atoms with Crippen molar-refractivity contribution in [2.45, 2.75) is 18.9 Å². The molecule has 1 fully saturated rings. The van der Waals surface area contributed by atoms with Gasteiger partial charge in [-0.3, -0.25) is 0 Å². The molecule has 4 N–H and O–H groups in total. The Labute approximate surface area is 186 Å². The van der Waals surface area contributed by atoms with E-state index in [0.717, 1.165) is 58.8 Å². The molecule has 0 bridgehead atoms. The van der Waals surface area contributed by atoms with E-state index in [2.05, 4.69) is 61.0 Å². The van der Waals surface area contributed by atoms with Gasteiger partial charge >= 0.3 is 0 Å². The number of nitrogens with one attached hydrogen (secondary N) is 4. The van der Waals surface area contributed by atoms with Gasteiger partial charge in [0, 0.05) is 60.0 Å². The number of hydrogen-bond donors (Lipinski definition) is 4. The molecule has 6 nitrogen and oxygen atoms in total. The Bertz CT molecular complexity index is 958. The number of para-hydroxylation sites is 1. The second-order valence-electron chi connectivity index (χ2n) is 7.52. The third-order valence-corrected chi connectivity index (χ3v) is 6.30. The fourth-order valence-electron chi connectivity index (χ4n) is 3.85. The monoisotopic (exact) mass is 466 g/mol. The summed E-state index contributed by atoms with van der Waals surface area (Å²) < 4.78 is 0.956. The van der Waals surface area contributed by atoms with Crippen molar-refractivity contribution in [1.82, 2.24) is 5.32 Å². The van der Waals surface area contributed by atoms with Gasteiger partial charge in [0.25, 0.3) is 0 Å². The highest BCUT2D eigenvalue weighted by Gasteiger charge is 2.20. The molecule has 156 valence electrons. The predicted molar refractivity (Wildman–Crippen MR) is 131 cm³/mol. The number of benzene rings is 2. The minimum absolute atomic E-state index is 0.406. The van der Waals surface area contributed by atoms with Crippen LogP contribution in [0.25, 0.3) is 0 Å². The molecular formula is C23H27BrN6. The number of fused-ring (bicyclic) bond motifs is 1. The standard InChI is InChI=1S/C23H27BrN6/c1-26-17-5-7-19(8-6-17)30-11-9-18(10-12-30)27-14-16(13-25)22-15-28-21-4-2-3-20(24)23(21)29-22/h2-8,13-14,18,25-28H,9-12,15H2,1H3/b16-14+,25-13?. The molecule has 4 rings (SSSR count). The Morgan fingerprint density at radius 2 is 1.97 bits per heavy atom. The molecule has 7 heteroatoms. The van der Waals surface area contributed by atoms with Crippen molar-refractivity contribution in [3.8, 4) is 0 Å². The summed E-state index contributed by atoms with van der Waals surface area (Å²) in [6, 6.07) is 15.0. The molecule has 0 saturated carbocycles. The van der Waals surface area contributed by atoms with E-state index in [1.807, 2.05) is 31.4 Å². The zero-order valence-corrected chi connectivity index (χ0v) is 18.7. The van der Waals surface area contributed by atoms with Gasteiger partial charge in [0.15, 0.2) is 0 Å². The zero-order chi connectivity index (χ0) is 20.9. The molecule has 1 saturated heterocycles. The van der Waals surface area contributed by atoms with Crippen LogP contribution in [0.5, 0.6) is 0 Å². The average Bonchev–Trinajstić information content (AvgIpc) is 2.80. The van der Waals surface area contributed by atoms with Crippen molar-refractivity contribution in [2.75, 3.05) is 42.2 Å². The van der Waals surface area contributed by atoms with E-state index in [4.69, 9.17) is 10.4 Å². The largest absolute Gasteiger partial charge is 0.388 e. The molecule has 0 aromatic heterocycles. The molecule has 2 aliphatic heterocycles. The van der Waals surface area contributed by atoms with Crippen LogP contribution in [0.15, 0.2) is 63.7 Å². The van der Waals surface area contributed by atoms with Crippen LogP contribution in [0.3, 0.4) is 0 Å². The van der Waals surface area contributed by atoms with E-state index in [1.165, 1.54) is 11.9 Å². The van der Waals surface area contributed by atoms with Crippen LogP contribution >= 0.6 is 15.9 Å². The van der Waals surface area contributed by atoms with Gasteiger partial charge in [-0.1, -0.05) is 6.07 Å². The minimum atomic E-state index is 0.406. The van der Waals surface area contributed by atoms with E-state index < -0.39 is 0 Å². The fourth-order valence-corrected chi connectivity index (χ4v) is 4.31. The van der Waals surface area contributed by atoms with E-state index in [-0.39, 0.29) is 0 Å². The first-order chi connectivity index (χ1) is 14.7. The van der Waals surface area contributed by atoms with Crippen molar-refractivity contribution >= 4 is 50.6 Å². The SMILES string of the molecule is CNc1ccc(N2CCC(N/C=C(\C=N)C3=Nc4c(Br)cccc4NC3)CC2)cc1. The highest BCUT2D eigenvalue weighted by molar-refractivity contribution is 9.10. The summed E-state index contributed by atoms with van der Waals surface area (Å²) in [5, 5.41) is 17.9. The molecular weight excluding hydrogens is 440 g/mol. The highest BCUT2D eigenvalue weighted by atomic mass is 79.9. The number of hydrogen-bond acceptors (Lipinski definition) is 6. The van der Waals surface area contributed by atoms with Crippen molar-refractivity contribution < 1.29 is 0 Å². The second kappa shape index (κ2) is 9.34. The topological polar surface area (TPSA) is 75.5 Å². The number of nitrogens with zero attached hydrogens (tertiary/aromatic N) is 2. The lowest BCUT2D eigenvalue weighted by molar-refractivity contribution is 0.455. The molecule has 0 amide bonds. The summed E-state index contributed by atoms with van der Waals surface area (Å²) in [5.74, 6) is 0. The Hall–Kier alpha value is -2.80. The number of aliphatic imine (C=N–C) groups is 1. The number of rotatable bonds is 6. The van der Waals surface area contributed by atoms with Crippen LogP contribution in [-0.4, -0.2) is 44.7 Å². The molecule has 2 aromatic rings. The van der Waals surface area contributed by atoms with Gasteiger partial charge in [0.2, 0.25) is 0 Å². The minimum Gasteiger partial charge on any atom is -0.388 e. The molecule has 0 spiro atoms. The molecule has 0 atom stereocenters. The maximum Gasteiger partial charge on any atom is 0.101 e. The van der Waals surface area contributed by atoms with Crippen molar-refractivity contribution in [3.05, 3.63) is 58.7 Å². The van der Waals surface area contributed by atoms with Gasteiger partial charge in [-0.2, -0.15) is 0 Å². The van der Waals surface area contributed by atoms with Gasteiger partial charge in [0.05, 0.1) is 17.9 Å². The van der Waals surface area contributed by atoms with Crippen LogP contribution in [0.2, 0.25) is 0 Å². The molecule has 2 aliphatic rings. The van der Waals surface area contributed by atoms with Crippen molar-refractivity contribution in [2.24, 2.45) is 4.99 Å². The lowest BCUT2D eigenvalue weighted by atomic mass is 10.0. The van der Waals surface area contributed by atoms with Crippen LogP contribution in [0, 0.1) is 5.41 Å². The maximum atomic E-state index is 7.86. The van der Waals surface area contributed by atoms with E-state index >= 15 is 0 Å². The number of anilines is 3. The van der Waals surface area contributed by atoms with Gasteiger partial charge < -0.3 is 26.3 Å². The van der Waals surface area contributed by atoms with Crippen molar-refractivity contribution in [3.63, 3.8) is 0 Å². The molecule has 30 heavy (non-hydrogen) atoms. The summed E-state index contributed by atoms with van der Waals surface area (Å²) in [6.45, 7) is 2.66. The van der Waals surface area contributed by atoms with Gasteiger partial charge in [-0.25, -0.2) is 4.99 Å². The normalized spacial score (nSPS) is 16.9. The molecule has 2 aromatic carbocycles. The van der Waals surface area contributed by atoms with E-state index in [1.54, 1.807) is 0 Å². The summed E-state index contributed by atoms with van der Waals surface area (Å²) in [6.07, 6.45) is 5.47. The Kier molecular flexibility index (Phi) is 6.38. The summed E-state index contributed by atoms with van der Waals surface area (Å²) >= 11 is 3.57. The first-order valence-electron chi connectivity index (χ1n) is 10.3. The van der Waals surface area contributed by atoms with Crippen LogP contribution in [0.4, 0.5) is 22.7 Å². The maximum absolute atomic E-state index is 7.86. The molecule has 0 aliphatic carbocycles. The third-order valence-electron chi connectivity index (χ3n) is 5.66. The van der Waals surface area contributed by atoms with Crippen LogP contribution in [-0.2, 0) is 0 Å². The lowest BCUT2D eigenvalue weighted by Crippen LogP contribution is -2.41. The summed E-state index contributed by atoms with van der Waals surface area (Å²) in [5.41, 5.74) is 6.00. The Morgan fingerprint density at radius 1 is 1.20 bits per heavy atom. The van der Waals surface area contributed by atoms with Gasteiger partial charge in [-0.05, 0) is 65.2 Å². The molecule has 0 radical (unpaired) electrons. The average molecular weight is 467 g/mol. The predicted octanol–water partition coefficient (Wildman–Crippen LogP) is 4.78. The molecule has 2 heterocycles. The quantitative estimate of drug-likeness (QED) is 0.462. The van der Waals surface area contributed by atoms with E-state index in [9.17, 15) is 0 Å². The fraction of sp³-hybridized carbons (Fsp3) is 0.304. The first-order valence-corrected chi connectivity index (χ1v) is 11.1. The van der Waals surface area contributed by atoms with Crippen LogP contribution < -0.4 is 20.9 Å². The van der Waals surface area contributed by atoms with Crippen molar-refractivity contribution in [1.29, 1.82) is 5.41 Å². The summed E-state index contributed by atoms with van der Waals surface area (Å²) in [4.78, 5) is 7.21. The van der Waals surface area contributed by atoms with Gasteiger partial charge in [0.1, 0.15) is 5.69 Å². The lowest BCUT2D eigenvalue weighted by Gasteiger charge is -2.34. The number of piperidine rings is 1. The summed E-state index contributed by atoms with van der Waals surface area (Å²) in [7, 11) is 1.94. The third kappa shape index (κ3) is 4.51. The highest BCUT2D eigenvalue weighted by Crippen LogP contribution is 2.36. The zero-order valence-electron chi connectivity index (χ0n) is 17.1. The Balaban J connectivity index is 1.37. The molecule has 0 unspecified atom stereocenters. The van der Waals surface area contributed by atoms with E-state index in [0.29, 0.717) is 12.6 Å². The van der Waals surface area contributed by atoms with Crippen LogP contribution in [0.1, 0.15) is 12.8 Å². The first kappa shape index (κ1) is 20.5. The smallest absolute Gasteiger partial charge is 0.101 e. The number of halogens is 1. The Morgan fingerprint density at radius 3 is 2.67 bits per heavy atom. The van der Waals surface area contributed by atoms with Gasteiger partial charge in [-0.15, -0.1) is 0 Å². The second-order valence-corrected chi connectivity index (χ2v) is 8.37.